The Morgan fingerprint density at radius 2 is 1.77 bits per heavy atom. The van der Waals surface area contributed by atoms with Gasteiger partial charge in [0.25, 0.3) is 0 Å². The summed E-state index contributed by atoms with van der Waals surface area (Å²) in [6.07, 6.45) is 0. The van der Waals surface area contributed by atoms with E-state index in [9.17, 15) is 4.79 Å². The summed E-state index contributed by atoms with van der Waals surface area (Å²) in [5.74, 6) is 0.877. The van der Waals surface area contributed by atoms with Gasteiger partial charge >= 0.3 is 0 Å². The molecule has 3 aromatic carbocycles. The molecule has 156 valence electrons. The lowest BCUT2D eigenvalue weighted by Crippen LogP contribution is -2.32. The van der Waals surface area contributed by atoms with Crippen molar-refractivity contribution in [1.29, 1.82) is 0 Å². The number of ether oxygens (including phenoxy) is 1. The second kappa shape index (κ2) is 9.40. The zero-order valence-corrected chi connectivity index (χ0v) is 17.5. The van der Waals surface area contributed by atoms with Crippen LogP contribution in [0, 0.1) is 0 Å². The Labute approximate surface area is 184 Å². The van der Waals surface area contributed by atoms with Crippen LogP contribution in [0.15, 0.2) is 78.9 Å². The molecule has 0 saturated heterocycles. The standard InChI is InChI=1S/C23H20ClN5O2/c1-31-20-9-5-8-18(14-20)23-26-28-29(27-23)15-21(30)25-22(16-6-3-2-4-7-16)17-10-12-19(24)13-11-17/h2-14,22H,15H2,1H3,(H,25,30). The predicted octanol–water partition coefficient (Wildman–Crippen LogP) is 3.91. The van der Waals surface area contributed by atoms with Gasteiger partial charge in [0.2, 0.25) is 11.7 Å². The van der Waals surface area contributed by atoms with Crippen molar-refractivity contribution in [3.05, 3.63) is 95.0 Å². The van der Waals surface area contributed by atoms with Crippen LogP contribution in [0.1, 0.15) is 17.2 Å². The van der Waals surface area contributed by atoms with E-state index in [-0.39, 0.29) is 18.5 Å². The smallest absolute Gasteiger partial charge is 0.244 e. The molecular weight excluding hydrogens is 414 g/mol. The summed E-state index contributed by atoms with van der Waals surface area (Å²) in [7, 11) is 1.59. The molecule has 0 saturated carbocycles. The summed E-state index contributed by atoms with van der Waals surface area (Å²) in [6.45, 7) is -0.0616. The Morgan fingerprint density at radius 1 is 1.03 bits per heavy atom. The van der Waals surface area contributed by atoms with Gasteiger partial charge in [0.1, 0.15) is 12.3 Å². The first-order chi connectivity index (χ1) is 15.1. The average Bonchev–Trinajstić information content (AvgIpc) is 3.27. The highest BCUT2D eigenvalue weighted by Crippen LogP contribution is 2.24. The highest BCUT2D eigenvalue weighted by atomic mass is 35.5. The van der Waals surface area contributed by atoms with E-state index in [1.54, 1.807) is 19.2 Å². The van der Waals surface area contributed by atoms with Crippen molar-refractivity contribution in [2.45, 2.75) is 12.6 Å². The van der Waals surface area contributed by atoms with E-state index in [0.717, 1.165) is 16.7 Å². The van der Waals surface area contributed by atoms with E-state index < -0.39 is 0 Å². The third-order valence-electron chi connectivity index (χ3n) is 4.71. The zero-order valence-electron chi connectivity index (χ0n) is 16.8. The molecule has 0 spiro atoms. The fourth-order valence-electron chi connectivity index (χ4n) is 3.18. The van der Waals surface area contributed by atoms with Gasteiger partial charge in [-0.15, -0.1) is 10.2 Å². The molecule has 0 aliphatic carbocycles. The molecular formula is C23H20ClN5O2. The lowest BCUT2D eigenvalue weighted by atomic mass is 9.99. The molecule has 0 fully saturated rings. The molecule has 7 nitrogen and oxygen atoms in total. The summed E-state index contributed by atoms with van der Waals surface area (Å²) in [4.78, 5) is 14.1. The molecule has 1 amide bonds. The van der Waals surface area contributed by atoms with Crippen LogP contribution in [0.4, 0.5) is 0 Å². The third kappa shape index (κ3) is 5.07. The van der Waals surface area contributed by atoms with Crippen molar-refractivity contribution >= 4 is 17.5 Å². The van der Waals surface area contributed by atoms with E-state index in [4.69, 9.17) is 16.3 Å². The highest BCUT2D eigenvalue weighted by Gasteiger charge is 2.18. The van der Waals surface area contributed by atoms with Crippen LogP contribution < -0.4 is 10.1 Å². The normalized spacial score (nSPS) is 11.7. The van der Waals surface area contributed by atoms with Crippen LogP contribution in [0.25, 0.3) is 11.4 Å². The van der Waals surface area contributed by atoms with Crippen LogP contribution in [-0.4, -0.2) is 33.2 Å². The number of amides is 1. The van der Waals surface area contributed by atoms with E-state index in [1.165, 1.54) is 4.80 Å². The summed E-state index contributed by atoms with van der Waals surface area (Å²) in [6, 6.07) is 24.2. The van der Waals surface area contributed by atoms with Gasteiger partial charge in [0.15, 0.2) is 0 Å². The minimum Gasteiger partial charge on any atom is -0.497 e. The van der Waals surface area contributed by atoms with Gasteiger partial charge in [-0.1, -0.05) is 66.2 Å². The quantitative estimate of drug-likeness (QED) is 0.478. The van der Waals surface area contributed by atoms with Gasteiger partial charge in [-0.05, 0) is 40.6 Å². The molecule has 1 heterocycles. The van der Waals surface area contributed by atoms with Crippen molar-refractivity contribution in [2.75, 3.05) is 7.11 Å². The van der Waals surface area contributed by atoms with E-state index in [2.05, 4.69) is 20.7 Å². The Bertz CT molecular complexity index is 1160. The average molecular weight is 434 g/mol. The molecule has 0 bridgehead atoms. The minimum absolute atomic E-state index is 0.0616. The molecule has 4 aromatic rings. The van der Waals surface area contributed by atoms with Gasteiger partial charge in [-0.3, -0.25) is 4.79 Å². The number of carbonyl (C=O) groups is 1. The largest absolute Gasteiger partial charge is 0.497 e. The van der Waals surface area contributed by atoms with Crippen LogP contribution in [-0.2, 0) is 11.3 Å². The number of methoxy groups -OCH3 is 1. The fraction of sp³-hybridized carbons (Fsp3) is 0.130. The Kier molecular flexibility index (Phi) is 6.24. The number of rotatable bonds is 7. The first-order valence-electron chi connectivity index (χ1n) is 9.64. The predicted molar refractivity (Wildman–Crippen MR) is 118 cm³/mol. The maximum atomic E-state index is 12.8. The number of aromatic nitrogens is 4. The number of hydrogen-bond donors (Lipinski definition) is 1. The second-order valence-corrected chi connectivity index (χ2v) is 7.27. The van der Waals surface area contributed by atoms with Crippen LogP contribution in [0.2, 0.25) is 5.02 Å². The zero-order chi connectivity index (χ0) is 21.6. The summed E-state index contributed by atoms with van der Waals surface area (Å²) < 4.78 is 5.23. The molecule has 1 aromatic heterocycles. The highest BCUT2D eigenvalue weighted by molar-refractivity contribution is 6.30. The lowest BCUT2D eigenvalue weighted by molar-refractivity contribution is -0.122. The molecule has 0 aliphatic heterocycles. The Balaban J connectivity index is 1.51. The Hall–Kier alpha value is -3.71. The van der Waals surface area contributed by atoms with E-state index >= 15 is 0 Å². The van der Waals surface area contributed by atoms with Gasteiger partial charge in [-0.2, -0.15) is 4.80 Å². The summed E-state index contributed by atoms with van der Waals surface area (Å²) >= 11 is 6.03. The molecule has 4 rings (SSSR count). The Morgan fingerprint density at radius 3 is 2.52 bits per heavy atom. The van der Waals surface area contributed by atoms with Gasteiger partial charge in [-0.25, -0.2) is 0 Å². The fourth-order valence-corrected chi connectivity index (χ4v) is 3.31. The van der Waals surface area contributed by atoms with E-state index in [0.29, 0.717) is 16.6 Å². The second-order valence-electron chi connectivity index (χ2n) is 6.84. The maximum Gasteiger partial charge on any atom is 0.244 e. The number of hydrogen-bond acceptors (Lipinski definition) is 5. The topological polar surface area (TPSA) is 81.9 Å². The summed E-state index contributed by atoms with van der Waals surface area (Å²) in [5.41, 5.74) is 2.64. The van der Waals surface area contributed by atoms with Gasteiger partial charge < -0.3 is 10.1 Å². The first-order valence-corrected chi connectivity index (χ1v) is 10.0. The molecule has 1 atom stereocenters. The third-order valence-corrected chi connectivity index (χ3v) is 4.96. The van der Waals surface area contributed by atoms with Crippen molar-refractivity contribution < 1.29 is 9.53 Å². The number of nitrogens with zero attached hydrogens (tertiary/aromatic N) is 4. The monoisotopic (exact) mass is 433 g/mol. The van der Waals surface area contributed by atoms with Crippen molar-refractivity contribution in [3.8, 4) is 17.1 Å². The molecule has 8 heteroatoms. The SMILES string of the molecule is COc1cccc(-c2nnn(CC(=O)NC(c3ccccc3)c3ccc(Cl)cc3)n2)c1. The molecule has 0 radical (unpaired) electrons. The first kappa shape index (κ1) is 20.6. The van der Waals surface area contributed by atoms with E-state index in [1.807, 2.05) is 66.7 Å². The molecule has 1 N–H and O–H groups in total. The molecule has 31 heavy (non-hydrogen) atoms. The number of halogens is 1. The molecule has 0 aliphatic rings. The maximum absolute atomic E-state index is 12.8. The molecule has 1 unspecified atom stereocenters. The van der Waals surface area contributed by atoms with Crippen molar-refractivity contribution in [2.24, 2.45) is 0 Å². The number of benzene rings is 3. The number of nitrogens with one attached hydrogen (secondary N) is 1. The van der Waals surface area contributed by atoms with Crippen LogP contribution in [0.5, 0.6) is 5.75 Å². The van der Waals surface area contributed by atoms with Crippen molar-refractivity contribution in [1.82, 2.24) is 25.5 Å². The number of carbonyl (C=O) groups excluding carboxylic acids is 1. The summed E-state index contributed by atoms with van der Waals surface area (Å²) in [5, 5.41) is 16.1. The van der Waals surface area contributed by atoms with Crippen molar-refractivity contribution in [3.63, 3.8) is 0 Å². The number of tetrazole rings is 1. The lowest BCUT2D eigenvalue weighted by Gasteiger charge is -2.20. The van der Waals surface area contributed by atoms with Crippen LogP contribution >= 0.6 is 11.6 Å². The minimum atomic E-state index is -0.327. The van der Waals surface area contributed by atoms with Gasteiger partial charge in [0, 0.05) is 10.6 Å². The van der Waals surface area contributed by atoms with Crippen LogP contribution in [0.3, 0.4) is 0 Å². The van der Waals surface area contributed by atoms with Gasteiger partial charge in [0.05, 0.1) is 13.2 Å².